The Kier molecular flexibility index (Phi) is 2.82. The fraction of sp³-hybridized carbons (Fsp3) is 1.00. The van der Waals surface area contributed by atoms with E-state index >= 15 is 0 Å². The Morgan fingerprint density at radius 3 is 2.57 bits per heavy atom. The van der Waals surface area contributed by atoms with Crippen LogP contribution >= 0.6 is 0 Å². The molecular formula is C11H23N3. The first-order valence-corrected chi connectivity index (χ1v) is 5.78. The van der Waals surface area contributed by atoms with Gasteiger partial charge in [-0.25, -0.2) is 0 Å². The molecule has 0 bridgehead atoms. The number of rotatable bonds is 3. The highest BCUT2D eigenvalue weighted by molar-refractivity contribution is 4.97. The summed E-state index contributed by atoms with van der Waals surface area (Å²) in [4.78, 5) is 5.04. The van der Waals surface area contributed by atoms with Gasteiger partial charge in [0.25, 0.3) is 0 Å². The maximum Gasteiger partial charge on any atom is 0.0195 e. The van der Waals surface area contributed by atoms with Gasteiger partial charge in [-0.3, -0.25) is 4.90 Å². The van der Waals surface area contributed by atoms with Gasteiger partial charge in [-0.15, -0.1) is 0 Å². The third-order valence-corrected chi connectivity index (χ3v) is 3.90. The zero-order valence-electron chi connectivity index (χ0n) is 9.50. The standard InChI is InChI=1S/C11H23N3/c1-10-7-13(2)5-6-14(10)9-11(8-12)3-4-11/h10H,3-9,12H2,1-2H3. The summed E-state index contributed by atoms with van der Waals surface area (Å²) >= 11 is 0. The predicted molar refractivity (Wildman–Crippen MR) is 59.3 cm³/mol. The number of hydrogen-bond donors (Lipinski definition) is 1. The molecule has 82 valence electrons. The molecule has 1 unspecified atom stereocenters. The summed E-state index contributed by atoms with van der Waals surface area (Å²) in [5, 5.41) is 0. The lowest BCUT2D eigenvalue weighted by Crippen LogP contribution is -2.52. The molecule has 1 aliphatic heterocycles. The highest BCUT2D eigenvalue weighted by Gasteiger charge is 2.43. The van der Waals surface area contributed by atoms with Gasteiger partial charge in [-0.2, -0.15) is 0 Å². The van der Waals surface area contributed by atoms with Crippen LogP contribution in [0.15, 0.2) is 0 Å². The lowest BCUT2D eigenvalue weighted by molar-refractivity contribution is 0.0816. The zero-order valence-corrected chi connectivity index (χ0v) is 9.50. The van der Waals surface area contributed by atoms with Gasteiger partial charge in [0.15, 0.2) is 0 Å². The van der Waals surface area contributed by atoms with Crippen molar-refractivity contribution in [2.24, 2.45) is 11.1 Å². The first kappa shape index (κ1) is 10.4. The monoisotopic (exact) mass is 197 g/mol. The zero-order chi connectivity index (χ0) is 10.2. The third kappa shape index (κ3) is 2.10. The molecule has 0 aromatic carbocycles. The topological polar surface area (TPSA) is 32.5 Å². The van der Waals surface area contributed by atoms with Crippen LogP contribution in [0.25, 0.3) is 0 Å². The minimum absolute atomic E-state index is 0.504. The molecule has 2 N–H and O–H groups in total. The Balaban J connectivity index is 1.86. The van der Waals surface area contributed by atoms with Crippen molar-refractivity contribution in [3.8, 4) is 0 Å². The molecule has 3 heteroatoms. The molecule has 1 atom stereocenters. The molecule has 0 radical (unpaired) electrons. The number of piperazine rings is 1. The van der Waals surface area contributed by atoms with E-state index in [1.165, 1.54) is 39.0 Å². The number of nitrogens with zero attached hydrogens (tertiary/aromatic N) is 2. The van der Waals surface area contributed by atoms with Crippen LogP contribution in [0.2, 0.25) is 0 Å². The highest BCUT2D eigenvalue weighted by atomic mass is 15.3. The Bertz CT molecular complexity index is 201. The molecule has 2 fully saturated rings. The molecule has 0 spiro atoms. The van der Waals surface area contributed by atoms with Crippen LogP contribution in [0.1, 0.15) is 19.8 Å². The van der Waals surface area contributed by atoms with Crippen LogP contribution in [0, 0.1) is 5.41 Å². The molecule has 0 aromatic heterocycles. The SMILES string of the molecule is CC1CN(C)CCN1CC1(CN)CC1. The third-order valence-electron chi connectivity index (χ3n) is 3.90. The van der Waals surface area contributed by atoms with Crippen molar-refractivity contribution in [3.05, 3.63) is 0 Å². The highest BCUT2D eigenvalue weighted by Crippen LogP contribution is 2.45. The van der Waals surface area contributed by atoms with E-state index in [-0.39, 0.29) is 0 Å². The van der Waals surface area contributed by atoms with Gasteiger partial charge in [0, 0.05) is 32.2 Å². The van der Waals surface area contributed by atoms with E-state index in [9.17, 15) is 0 Å². The minimum atomic E-state index is 0.504. The molecule has 1 saturated carbocycles. The Morgan fingerprint density at radius 1 is 1.36 bits per heavy atom. The second-order valence-electron chi connectivity index (χ2n) is 5.29. The van der Waals surface area contributed by atoms with E-state index in [1.54, 1.807) is 0 Å². The second-order valence-corrected chi connectivity index (χ2v) is 5.29. The molecule has 0 aromatic rings. The molecule has 1 heterocycles. The van der Waals surface area contributed by atoms with Gasteiger partial charge in [0.2, 0.25) is 0 Å². The molecule has 0 amide bonds. The van der Waals surface area contributed by atoms with E-state index in [2.05, 4.69) is 23.8 Å². The molecule has 2 aliphatic rings. The Hall–Kier alpha value is -0.120. The van der Waals surface area contributed by atoms with Crippen molar-refractivity contribution in [3.63, 3.8) is 0 Å². The normalized spacial score (nSPS) is 33.2. The smallest absolute Gasteiger partial charge is 0.0195 e. The van der Waals surface area contributed by atoms with Gasteiger partial charge >= 0.3 is 0 Å². The Morgan fingerprint density at radius 2 is 2.07 bits per heavy atom. The van der Waals surface area contributed by atoms with Crippen molar-refractivity contribution in [1.29, 1.82) is 0 Å². The van der Waals surface area contributed by atoms with Crippen LogP contribution in [-0.2, 0) is 0 Å². The first-order valence-electron chi connectivity index (χ1n) is 5.78. The van der Waals surface area contributed by atoms with E-state index in [0.29, 0.717) is 11.5 Å². The molecule has 3 nitrogen and oxygen atoms in total. The maximum atomic E-state index is 5.82. The largest absolute Gasteiger partial charge is 0.330 e. The Labute approximate surface area is 87.2 Å². The van der Waals surface area contributed by atoms with Crippen molar-refractivity contribution in [2.75, 3.05) is 39.8 Å². The van der Waals surface area contributed by atoms with Crippen LogP contribution in [0.5, 0.6) is 0 Å². The van der Waals surface area contributed by atoms with Crippen LogP contribution in [0.4, 0.5) is 0 Å². The van der Waals surface area contributed by atoms with E-state index in [4.69, 9.17) is 5.73 Å². The van der Waals surface area contributed by atoms with Gasteiger partial charge in [0.1, 0.15) is 0 Å². The lowest BCUT2D eigenvalue weighted by atomic mass is 10.0. The molecular weight excluding hydrogens is 174 g/mol. The summed E-state index contributed by atoms with van der Waals surface area (Å²) in [6, 6.07) is 0.706. The van der Waals surface area contributed by atoms with Crippen molar-refractivity contribution < 1.29 is 0 Å². The summed E-state index contributed by atoms with van der Waals surface area (Å²) < 4.78 is 0. The average molecular weight is 197 g/mol. The summed E-state index contributed by atoms with van der Waals surface area (Å²) in [6.07, 6.45) is 2.70. The fourth-order valence-corrected chi connectivity index (χ4v) is 2.45. The quantitative estimate of drug-likeness (QED) is 0.709. The van der Waals surface area contributed by atoms with Gasteiger partial charge in [0.05, 0.1) is 0 Å². The van der Waals surface area contributed by atoms with Crippen molar-refractivity contribution in [2.45, 2.75) is 25.8 Å². The predicted octanol–water partition coefficient (Wildman–Crippen LogP) is 0.361. The summed E-state index contributed by atoms with van der Waals surface area (Å²) in [7, 11) is 2.21. The number of likely N-dealkylation sites (N-methyl/N-ethyl adjacent to an activating group) is 1. The van der Waals surface area contributed by atoms with Crippen molar-refractivity contribution >= 4 is 0 Å². The second kappa shape index (κ2) is 3.80. The molecule has 2 rings (SSSR count). The fourth-order valence-electron chi connectivity index (χ4n) is 2.45. The van der Waals surface area contributed by atoms with Gasteiger partial charge < -0.3 is 10.6 Å². The van der Waals surface area contributed by atoms with Gasteiger partial charge in [-0.05, 0) is 38.8 Å². The van der Waals surface area contributed by atoms with Crippen LogP contribution in [0.3, 0.4) is 0 Å². The summed E-state index contributed by atoms with van der Waals surface area (Å²) in [5.41, 5.74) is 6.33. The van der Waals surface area contributed by atoms with Gasteiger partial charge in [-0.1, -0.05) is 0 Å². The lowest BCUT2D eigenvalue weighted by Gasteiger charge is -2.40. The minimum Gasteiger partial charge on any atom is -0.330 e. The van der Waals surface area contributed by atoms with Crippen LogP contribution in [-0.4, -0.2) is 55.6 Å². The average Bonchev–Trinajstić information content (AvgIpc) is 2.91. The molecule has 1 aliphatic carbocycles. The summed E-state index contributed by atoms with van der Waals surface area (Å²) in [6.45, 7) is 8.10. The number of nitrogens with two attached hydrogens (primary N) is 1. The molecule has 14 heavy (non-hydrogen) atoms. The van der Waals surface area contributed by atoms with E-state index < -0.39 is 0 Å². The van der Waals surface area contributed by atoms with Crippen LogP contribution < -0.4 is 5.73 Å². The summed E-state index contributed by atoms with van der Waals surface area (Å²) in [5.74, 6) is 0. The number of hydrogen-bond acceptors (Lipinski definition) is 3. The van der Waals surface area contributed by atoms with Crippen molar-refractivity contribution in [1.82, 2.24) is 9.80 Å². The van der Waals surface area contributed by atoms with E-state index in [0.717, 1.165) is 6.54 Å². The maximum absolute atomic E-state index is 5.82. The van der Waals surface area contributed by atoms with E-state index in [1.807, 2.05) is 0 Å². The molecule has 1 saturated heterocycles. The first-order chi connectivity index (χ1) is 6.65.